The molecule has 0 fully saturated rings. The van der Waals surface area contributed by atoms with Gasteiger partial charge in [0, 0.05) is 12.8 Å². The number of hydrogen-bond donors (Lipinski definition) is 1. The standard InChI is InChI=1S/C10H10O2/c11-9-5-7-3-1-2-4-8(7)6-10(9)12/h1-4,9,11H,5-6H2/t9-/m0/s1. The first-order valence-corrected chi connectivity index (χ1v) is 4.05. The van der Waals surface area contributed by atoms with Crippen molar-refractivity contribution in [3.05, 3.63) is 35.4 Å². The molecule has 0 saturated heterocycles. The molecule has 0 bridgehead atoms. The Morgan fingerprint density at radius 2 is 1.92 bits per heavy atom. The number of hydrogen-bond acceptors (Lipinski definition) is 2. The molecule has 0 unspecified atom stereocenters. The van der Waals surface area contributed by atoms with Crippen LogP contribution in [0.2, 0.25) is 0 Å². The first kappa shape index (κ1) is 7.50. The van der Waals surface area contributed by atoms with Gasteiger partial charge in [-0.05, 0) is 11.1 Å². The molecule has 1 aromatic rings. The molecule has 1 aromatic carbocycles. The number of carbonyl (C=O) groups excluding carboxylic acids is 1. The van der Waals surface area contributed by atoms with Crippen molar-refractivity contribution in [1.82, 2.24) is 0 Å². The lowest BCUT2D eigenvalue weighted by atomic mass is 9.89. The molecule has 0 radical (unpaired) electrons. The van der Waals surface area contributed by atoms with Gasteiger partial charge in [-0.2, -0.15) is 0 Å². The van der Waals surface area contributed by atoms with Crippen molar-refractivity contribution < 1.29 is 9.90 Å². The van der Waals surface area contributed by atoms with Crippen LogP contribution in [-0.4, -0.2) is 17.0 Å². The molecule has 12 heavy (non-hydrogen) atoms. The third kappa shape index (κ3) is 1.14. The molecule has 0 aliphatic heterocycles. The number of ketones is 1. The highest BCUT2D eigenvalue weighted by atomic mass is 16.3. The maximum absolute atomic E-state index is 11.1. The molecule has 62 valence electrons. The number of rotatable bonds is 0. The normalized spacial score (nSPS) is 22.1. The minimum absolute atomic E-state index is 0.0614. The molecule has 0 spiro atoms. The lowest BCUT2D eigenvalue weighted by Crippen LogP contribution is -2.29. The lowest BCUT2D eigenvalue weighted by molar-refractivity contribution is -0.126. The van der Waals surface area contributed by atoms with Gasteiger partial charge in [0.1, 0.15) is 6.10 Å². The Morgan fingerprint density at radius 3 is 2.67 bits per heavy atom. The van der Waals surface area contributed by atoms with Crippen LogP contribution in [0.3, 0.4) is 0 Å². The largest absolute Gasteiger partial charge is 0.385 e. The first-order chi connectivity index (χ1) is 5.77. The van der Waals surface area contributed by atoms with Crippen LogP contribution >= 0.6 is 0 Å². The van der Waals surface area contributed by atoms with Gasteiger partial charge in [0.15, 0.2) is 5.78 Å². The number of fused-ring (bicyclic) bond motifs is 1. The molecule has 1 N–H and O–H groups in total. The summed E-state index contributed by atoms with van der Waals surface area (Å²) in [6.07, 6.45) is 0.0895. The van der Waals surface area contributed by atoms with Crippen LogP contribution in [0, 0.1) is 0 Å². The molecule has 0 amide bonds. The van der Waals surface area contributed by atoms with Gasteiger partial charge in [0.2, 0.25) is 0 Å². The van der Waals surface area contributed by atoms with Gasteiger partial charge in [-0.3, -0.25) is 4.79 Å². The van der Waals surface area contributed by atoms with Crippen molar-refractivity contribution in [2.24, 2.45) is 0 Å². The maximum atomic E-state index is 11.1. The predicted octanol–water partition coefficient (Wildman–Crippen LogP) is 0.715. The van der Waals surface area contributed by atoms with Gasteiger partial charge in [-0.25, -0.2) is 0 Å². The molecule has 0 aromatic heterocycles. The summed E-state index contributed by atoms with van der Waals surface area (Å²) in [5, 5.41) is 9.27. The Labute approximate surface area is 70.8 Å². The van der Waals surface area contributed by atoms with Gasteiger partial charge >= 0.3 is 0 Å². The summed E-state index contributed by atoms with van der Waals surface area (Å²) in [6.45, 7) is 0. The van der Waals surface area contributed by atoms with E-state index in [0.29, 0.717) is 12.8 Å². The fraction of sp³-hybridized carbons (Fsp3) is 0.300. The Morgan fingerprint density at radius 1 is 1.25 bits per heavy atom. The van der Waals surface area contributed by atoms with Crippen LogP contribution in [0.1, 0.15) is 11.1 Å². The second kappa shape index (κ2) is 2.72. The number of carbonyl (C=O) groups is 1. The topological polar surface area (TPSA) is 37.3 Å². The zero-order valence-corrected chi connectivity index (χ0v) is 6.66. The Kier molecular flexibility index (Phi) is 1.70. The van der Waals surface area contributed by atoms with Gasteiger partial charge in [-0.15, -0.1) is 0 Å². The molecule has 1 aliphatic rings. The third-order valence-electron chi connectivity index (χ3n) is 2.27. The Balaban J connectivity index is 2.40. The van der Waals surface area contributed by atoms with Crippen LogP contribution in [0.5, 0.6) is 0 Å². The quantitative estimate of drug-likeness (QED) is 0.610. The van der Waals surface area contributed by atoms with E-state index in [2.05, 4.69) is 0 Å². The summed E-state index contributed by atoms with van der Waals surface area (Å²) >= 11 is 0. The van der Waals surface area contributed by atoms with Crippen LogP contribution in [0.25, 0.3) is 0 Å². The summed E-state index contributed by atoms with van der Waals surface area (Å²) in [4.78, 5) is 11.1. The predicted molar refractivity (Wildman–Crippen MR) is 44.9 cm³/mol. The van der Waals surface area contributed by atoms with E-state index in [4.69, 9.17) is 0 Å². The van der Waals surface area contributed by atoms with E-state index in [1.165, 1.54) is 0 Å². The van der Waals surface area contributed by atoms with Crippen LogP contribution < -0.4 is 0 Å². The van der Waals surface area contributed by atoms with E-state index in [-0.39, 0.29) is 5.78 Å². The highest BCUT2D eigenvalue weighted by Crippen LogP contribution is 2.18. The SMILES string of the molecule is O=C1Cc2ccccc2C[C@@H]1O. The molecule has 2 nitrogen and oxygen atoms in total. The van der Waals surface area contributed by atoms with E-state index in [1.54, 1.807) is 0 Å². The summed E-state index contributed by atoms with van der Waals surface area (Å²) in [5.41, 5.74) is 2.16. The average Bonchev–Trinajstić information content (AvgIpc) is 2.07. The fourth-order valence-corrected chi connectivity index (χ4v) is 1.56. The average molecular weight is 162 g/mol. The fourth-order valence-electron chi connectivity index (χ4n) is 1.56. The molecule has 0 heterocycles. The summed E-state index contributed by atoms with van der Waals surface area (Å²) in [5.74, 6) is -0.0614. The van der Waals surface area contributed by atoms with Crippen molar-refractivity contribution in [3.63, 3.8) is 0 Å². The van der Waals surface area contributed by atoms with E-state index in [0.717, 1.165) is 11.1 Å². The minimum Gasteiger partial charge on any atom is -0.385 e. The molecular formula is C10H10O2. The summed E-state index contributed by atoms with van der Waals surface area (Å²) in [7, 11) is 0. The monoisotopic (exact) mass is 162 g/mol. The maximum Gasteiger partial charge on any atom is 0.165 e. The number of aliphatic hydroxyl groups is 1. The number of Topliss-reactive ketones (excluding diaryl/α,β-unsaturated/α-hetero) is 1. The van der Waals surface area contributed by atoms with E-state index in [1.807, 2.05) is 24.3 Å². The minimum atomic E-state index is -0.778. The van der Waals surface area contributed by atoms with E-state index in [9.17, 15) is 9.90 Å². The van der Waals surface area contributed by atoms with Crippen LogP contribution in [0.4, 0.5) is 0 Å². The second-order valence-corrected chi connectivity index (χ2v) is 3.13. The third-order valence-corrected chi connectivity index (χ3v) is 2.27. The van der Waals surface area contributed by atoms with Gasteiger partial charge in [0.05, 0.1) is 0 Å². The van der Waals surface area contributed by atoms with Crippen LogP contribution in [0.15, 0.2) is 24.3 Å². The lowest BCUT2D eigenvalue weighted by Gasteiger charge is -2.18. The van der Waals surface area contributed by atoms with Crippen molar-refractivity contribution in [2.75, 3.05) is 0 Å². The highest BCUT2D eigenvalue weighted by Gasteiger charge is 2.23. The second-order valence-electron chi connectivity index (χ2n) is 3.13. The van der Waals surface area contributed by atoms with Crippen LogP contribution in [-0.2, 0) is 17.6 Å². The Hall–Kier alpha value is -1.15. The molecule has 2 heteroatoms. The van der Waals surface area contributed by atoms with E-state index < -0.39 is 6.10 Å². The number of benzene rings is 1. The zero-order chi connectivity index (χ0) is 8.55. The molecular weight excluding hydrogens is 152 g/mol. The summed E-state index contributed by atoms with van der Waals surface area (Å²) < 4.78 is 0. The molecule has 2 rings (SSSR count). The number of aliphatic hydroxyl groups excluding tert-OH is 1. The zero-order valence-electron chi connectivity index (χ0n) is 6.66. The summed E-state index contributed by atoms with van der Waals surface area (Å²) in [6, 6.07) is 7.76. The van der Waals surface area contributed by atoms with Crippen molar-refractivity contribution >= 4 is 5.78 Å². The van der Waals surface area contributed by atoms with Gasteiger partial charge in [0.25, 0.3) is 0 Å². The highest BCUT2D eigenvalue weighted by molar-refractivity contribution is 5.87. The van der Waals surface area contributed by atoms with Gasteiger partial charge in [-0.1, -0.05) is 24.3 Å². The molecule has 1 aliphatic carbocycles. The first-order valence-electron chi connectivity index (χ1n) is 4.05. The molecule has 1 atom stereocenters. The molecule has 0 saturated carbocycles. The van der Waals surface area contributed by atoms with Crippen molar-refractivity contribution in [1.29, 1.82) is 0 Å². The smallest absolute Gasteiger partial charge is 0.165 e. The van der Waals surface area contributed by atoms with Gasteiger partial charge < -0.3 is 5.11 Å². The Bertz CT molecular complexity index is 317. The van der Waals surface area contributed by atoms with Crippen molar-refractivity contribution in [3.8, 4) is 0 Å². The van der Waals surface area contributed by atoms with E-state index >= 15 is 0 Å². The van der Waals surface area contributed by atoms with Crippen molar-refractivity contribution in [2.45, 2.75) is 18.9 Å².